The first-order valence-electron chi connectivity index (χ1n) is 8.91. The van der Waals surface area contributed by atoms with E-state index in [9.17, 15) is 0 Å². The molecule has 0 saturated carbocycles. The Hall–Kier alpha value is -3.05. The van der Waals surface area contributed by atoms with Crippen LogP contribution in [0.2, 0.25) is 0 Å². The van der Waals surface area contributed by atoms with E-state index in [0.29, 0.717) is 0 Å². The molecule has 0 radical (unpaired) electrons. The summed E-state index contributed by atoms with van der Waals surface area (Å²) >= 11 is 0. The van der Waals surface area contributed by atoms with Crippen LogP contribution in [0.4, 0.5) is 11.5 Å². The number of aryl methyl sites for hydroxylation is 2. The third kappa shape index (κ3) is 3.94. The Kier molecular flexibility index (Phi) is 5.85. The summed E-state index contributed by atoms with van der Waals surface area (Å²) in [4.78, 5) is 9.38. The summed E-state index contributed by atoms with van der Waals surface area (Å²) in [7, 11) is 3.70. The van der Waals surface area contributed by atoms with Crippen molar-refractivity contribution in [1.82, 2.24) is 14.5 Å². The lowest BCUT2D eigenvalue weighted by Crippen LogP contribution is -2.01. The molecule has 2 aromatic carbocycles. The summed E-state index contributed by atoms with van der Waals surface area (Å²) in [5.41, 5.74) is 5.42. The maximum Gasteiger partial charge on any atom is 0.158 e. The molecule has 1 N–H and O–H groups in total. The Morgan fingerprint density at radius 3 is 2.39 bits per heavy atom. The SMILES string of the molecule is COc1ccc(Nc2nc(C)nc3c(Cc4ccccc4)cn(C)c23)cc1.Cl. The largest absolute Gasteiger partial charge is 0.497 e. The molecule has 0 saturated heterocycles. The Morgan fingerprint density at radius 1 is 1.00 bits per heavy atom. The fourth-order valence-electron chi connectivity index (χ4n) is 3.33. The molecule has 0 unspecified atom stereocenters. The molecule has 2 heterocycles. The van der Waals surface area contributed by atoms with Crippen LogP contribution in [-0.2, 0) is 13.5 Å². The van der Waals surface area contributed by atoms with Gasteiger partial charge >= 0.3 is 0 Å². The van der Waals surface area contributed by atoms with Crippen LogP contribution in [0.5, 0.6) is 5.75 Å². The van der Waals surface area contributed by atoms with Crippen LogP contribution in [0.1, 0.15) is 17.0 Å². The van der Waals surface area contributed by atoms with Crippen LogP contribution in [0.25, 0.3) is 11.0 Å². The third-order valence-electron chi connectivity index (χ3n) is 4.59. The molecule has 0 aliphatic rings. The normalized spacial score (nSPS) is 10.5. The first-order chi connectivity index (χ1) is 13.1. The lowest BCUT2D eigenvalue weighted by atomic mass is 10.1. The minimum absolute atomic E-state index is 0. The van der Waals surface area contributed by atoms with Gasteiger partial charge in [0, 0.05) is 30.9 Å². The summed E-state index contributed by atoms with van der Waals surface area (Å²) in [6.07, 6.45) is 2.99. The predicted molar refractivity (Wildman–Crippen MR) is 116 cm³/mol. The van der Waals surface area contributed by atoms with Crippen LogP contribution in [-0.4, -0.2) is 21.6 Å². The highest BCUT2D eigenvalue weighted by Crippen LogP contribution is 2.29. The van der Waals surface area contributed by atoms with Crippen molar-refractivity contribution in [2.75, 3.05) is 12.4 Å². The van der Waals surface area contributed by atoms with Crippen LogP contribution in [0.3, 0.4) is 0 Å². The van der Waals surface area contributed by atoms with Crippen molar-refractivity contribution in [2.24, 2.45) is 7.05 Å². The van der Waals surface area contributed by atoms with Gasteiger partial charge < -0.3 is 14.6 Å². The number of hydrogen-bond acceptors (Lipinski definition) is 4. The summed E-state index contributed by atoms with van der Waals surface area (Å²) in [5, 5.41) is 3.43. The fourth-order valence-corrected chi connectivity index (χ4v) is 3.33. The van der Waals surface area contributed by atoms with Gasteiger partial charge in [-0.25, -0.2) is 9.97 Å². The topological polar surface area (TPSA) is 52.0 Å². The highest BCUT2D eigenvalue weighted by molar-refractivity contribution is 5.91. The molecular weight excluding hydrogens is 372 g/mol. The number of ether oxygens (including phenoxy) is 1. The molecule has 2 aromatic heterocycles. The van der Waals surface area contributed by atoms with Gasteiger partial charge in [-0.15, -0.1) is 12.4 Å². The zero-order valence-electron chi connectivity index (χ0n) is 16.1. The van der Waals surface area contributed by atoms with Gasteiger partial charge in [0.2, 0.25) is 0 Å². The van der Waals surface area contributed by atoms with Crippen molar-refractivity contribution in [3.63, 3.8) is 0 Å². The van der Waals surface area contributed by atoms with Crippen LogP contribution >= 0.6 is 12.4 Å². The van der Waals surface area contributed by atoms with E-state index in [1.165, 1.54) is 11.1 Å². The number of halogens is 1. The second-order valence-electron chi connectivity index (χ2n) is 6.60. The van der Waals surface area contributed by atoms with Gasteiger partial charge in [-0.1, -0.05) is 30.3 Å². The van der Waals surface area contributed by atoms with E-state index >= 15 is 0 Å². The van der Waals surface area contributed by atoms with Gasteiger partial charge in [-0.05, 0) is 36.8 Å². The number of rotatable bonds is 5. The third-order valence-corrected chi connectivity index (χ3v) is 4.59. The van der Waals surface area contributed by atoms with Crippen molar-refractivity contribution >= 4 is 34.9 Å². The van der Waals surface area contributed by atoms with Gasteiger partial charge in [-0.2, -0.15) is 0 Å². The number of aromatic nitrogens is 3. The van der Waals surface area contributed by atoms with Crippen molar-refractivity contribution in [2.45, 2.75) is 13.3 Å². The summed E-state index contributed by atoms with van der Waals surface area (Å²) in [6.45, 7) is 1.93. The van der Waals surface area contributed by atoms with Gasteiger partial charge in [0.15, 0.2) is 5.82 Å². The van der Waals surface area contributed by atoms with Crippen molar-refractivity contribution in [1.29, 1.82) is 0 Å². The number of benzene rings is 2. The highest BCUT2D eigenvalue weighted by Gasteiger charge is 2.15. The Labute approximate surface area is 170 Å². The van der Waals surface area contributed by atoms with Crippen LogP contribution in [0.15, 0.2) is 60.8 Å². The molecule has 6 heteroatoms. The monoisotopic (exact) mass is 394 g/mol. The first-order valence-corrected chi connectivity index (χ1v) is 8.91. The molecule has 0 bridgehead atoms. The van der Waals surface area contributed by atoms with Gasteiger partial charge in [0.1, 0.15) is 17.1 Å². The average molecular weight is 395 g/mol. The quantitative estimate of drug-likeness (QED) is 0.515. The molecule has 28 heavy (non-hydrogen) atoms. The predicted octanol–water partition coefficient (Wildman–Crippen LogP) is 5.04. The molecule has 0 aliphatic carbocycles. The fraction of sp³-hybridized carbons (Fsp3) is 0.182. The van der Waals surface area contributed by atoms with E-state index in [0.717, 1.165) is 40.5 Å². The first kappa shape index (κ1) is 19.7. The van der Waals surface area contributed by atoms with Crippen molar-refractivity contribution in [3.8, 4) is 5.75 Å². The Balaban J connectivity index is 0.00000225. The number of hydrogen-bond donors (Lipinski definition) is 1. The van der Waals surface area contributed by atoms with E-state index in [1.54, 1.807) is 7.11 Å². The second-order valence-corrected chi connectivity index (χ2v) is 6.60. The molecule has 0 aliphatic heterocycles. The standard InChI is InChI=1S/C22H22N4O.ClH/c1-15-23-20-17(13-16-7-5-4-6-8-16)14-26(2)21(20)22(24-15)25-18-9-11-19(27-3)12-10-18;/h4-12,14H,13H2,1-3H3,(H,23,24,25);1H. The summed E-state index contributed by atoms with van der Waals surface area (Å²) < 4.78 is 7.33. The zero-order chi connectivity index (χ0) is 18.8. The van der Waals surface area contributed by atoms with Crippen LogP contribution in [0, 0.1) is 6.92 Å². The minimum Gasteiger partial charge on any atom is -0.497 e. The number of nitrogens with one attached hydrogen (secondary N) is 1. The molecule has 0 spiro atoms. The molecule has 5 nitrogen and oxygen atoms in total. The van der Waals surface area contributed by atoms with Crippen LogP contribution < -0.4 is 10.1 Å². The number of fused-ring (bicyclic) bond motifs is 1. The van der Waals surface area contributed by atoms with E-state index in [-0.39, 0.29) is 12.4 Å². The van der Waals surface area contributed by atoms with Crippen molar-refractivity contribution in [3.05, 3.63) is 77.7 Å². The molecule has 0 amide bonds. The molecule has 144 valence electrons. The molecule has 0 fully saturated rings. The Morgan fingerprint density at radius 2 is 1.71 bits per heavy atom. The van der Waals surface area contributed by atoms with Gasteiger partial charge in [-0.3, -0.25) is 0 Å². The second kappa shape index (κ2) is 8.31. The number of nitrogens with zero attached hydrogens (tertiary/aromatic N) is 3. The Bertz CT molecular complexity index is 1080. The summed E-state index contributed by atoms with van der Waals surface area (Å²) in [6, 6.07) is 18.3. The maximum absolute atomic E-state index is 5.23. The van der Waals surface area contributed by atoms with E-state index < -0.39 is 0 Å². The highest BCUT2D eigenvalue weighted by atomic mass is 35.5. The molecule has 4 rings (SSSR count). The lowest BCUT2D eigenvalue weighted by molar-refractivity contribution is 0.415. The lowest BCUT2D eigenvalue weighted by Gasteiger charge is -2.10. The zero-order valence-corrected chi connectivity index (χ0v) is 17.0. The minimum atomic E-state index is 0. The summed E-state index contributed by atoms with van der Waals surface area (Å²) in [5.74, 6) is 2.39. The number of anilines is 2. The average Bonchev–Trinajstić information content (AvgIpc) is 2.98. The molecular formula is C22H23ClN4O. The van der Waals surface area contributed by atoms with Gasteiger partial charge in [0.05, 0.1) is 12.6 Å². The number of methoxy groups -OCH3 is 1. The van der Waals surface area contributed by atoms with E-state index in [4.69, 9.17) is 9.72 Å². The van der Waals surface area contributed by atoms with Crippen molar-refractivity contribution < 1.29 is 4.74 Å². The van der Waals surface area contributed by atoms with E-state index in [1.807, 2.05) is 44.3 Å². The van der Waals surface area contributed by atoms with Gasteiger partial charge in [0.25, 0.3) is 0 Å². The van der Waals surface area contributed by atoms with E-state index in [2.05, 4.69) is 45.3 Å². The molecule has 4 aromatic rings. The maximum atomic E-state index is 5.23. The smallest absolute Gasteiger partial charge is 0.158 e. The molecule has 0 atom stereocenters.